The summed E-state index contributed by atoms with van der Waals surface area (Å²) in [6.45, 7) is 1.99. The monoisotopic (exact) mass is 357 g/mol. The summed E-state index contributed by atoms with van der Waals surface area (Å²) in [7, 11) is 4.65. The number of esters is 1. The molecule has 0 aliphatic carbocycles. The molecule has 6 heteroatoms. The summed E-state index contributed by atoms with van der Waals surface area (Å²) >= 11 is 0. The van der Waals surface area contributed by atoms with Crippen molar-refractivity contribution in [1.29, 1.82) is 0 Å². The van der Waals surface area contributed by atoms with Crippen molar-refractivity contribution in [2.75, 3.05) is 21.3 Å². The van der Waals surface area contributed by atoms with Crippen LogP contribution in [0.15, 0.2) is 48.5 Å². The molecule has 1 atom stereocenters. The zero-order valence-electron chi connectivity index (χ0n) is 15.4. The van der Waals surface area contributed by atoms with Crippen LogP contribution in [0.4, 0.5) is 0 Å². The number of nitrogens with zero attached hydrogens (tertiary/aromatic N) is 1. The second kappa shape index (κ2) is 8.89. The van der Waals surface area contributed by atoms with E-state index in [2.05, 4.69) is 0 Å². The van der Waals surface area contributed by atoms with Crippen LogP contribution >= 0.6 is 0 Å². The van der Waals surface area contributed by atoms with Crippen LogP contribution in [0.2, 0.25) is 0 Å². The normalized spacial score (nSPS) is 11.4. The van der Waals surface area contributed by atoms with E-state index in [4.69, 9.17) is 14.2 Å². The van der Waals surface area contributed by atoms with Crippen LogP contribution in [0.1, 0.15) is 22.8 Å². The lowest BCUT2D eigenvalue weighted by molar-refractivity contribution is -0.139. The molecule has 0 aromatic heterocycles. The smallest absolute Gasteiger partial charge is 0.342 e. The van der Waals surface area contributed by atoms with E-state index in [1.54, 1.807) is 32.2 Å². The van der Waals surface area contributed by atoms with E-state index in [1.807, 2.05) is 30.3 Å². The highest BCUT2D eigenvalue weighted by atomic mass is 16.5. The van der Waals surface area contributed by atoms with Gasteiger partial charge in [-0.2, -0.15) is 0 Å². The molecule has 0 aliphatic heterocycles. The van der Waals surface area contributed by atoms with Crippen LogP contribution in [0.5, 0.6) is 11.5 Å². The van der Waals surface area contributed by atoms with Crippen molar-refractivity contribution in [2.24, 2.45) is 0 Å². The van der Waals surface area contributed by atoms with Gasteiger partial charge < -0.3 is 19.1 Å². The van der Waals surface area contributed by atoms with Gasteiger partial charge in [0.1, 0.15) is 17.1 Å². The van der Waals surface area contributed by atoms with E-state index in [0.717, 1.165) is 5.56 Å². The van der Waals surface area contributed by atoms with E-state index in [0.29, 0.717) is 18.0 Å². The zero-order valence-corrected chi connectivity index (χ0v) is 15.4. The van der Waals surface area contributed by atoms with Crippen molar-refractivity contribution < 1.29 is 23.8 Å². The van der Waals surface area contributed by atoms with Gasteiger partial charge >= 0.3 is 5.97 Å². The third kappa shape index (κ3) is 4.75. The van der Waals surface area contributed by atoms with E-state index in [9.17, 15) is 9.59 Å². The number of carbonyl (C=O) groups is 2. The van der Waals surface area contributed by atoms with Crippen LogP contribution in [-0.4, -0.2) is 44.1 Å². The predicted molar refractivity (Wildman–Crippen MR) is 97.3 cm³/mol. The minimum Gasteiger partial charge on any atom is -0.497 e. The Morgan fingerprint density at radius 2 is 1.73 bits per heavy atom. The minimum atomic E-state index is -0.914. The van der Waals surface area contributed by atoms with Crippen molar-refractivity contribution >= 4 is 11.9 Å². The van der Waals surface area contributed by atoms with Crippen LogP contribution in [0, 0.1) is 0 Å². The molecule has 0 heterocycles. The third-order valence-electron chi connectivity index (χ3n) is 3.90. The number of ether oxygens (including phenoxy) is 3. The molecule has 138 valence electrons. The van der Waals surface area contributed by atoms with Crippen LogP contribution in [0.3, 0.4) is 0 Å². The van der Waals surface area contributed by atoms with Gasteiger partial charge in [-0.15, -0.1) is 0 Å². The summed E-state index contributed by atoms with van der Waals surface area (Å²) in [5.74, 6) is -0.0232. The molecule has 1 amide bonds. The first-order valence-corrected chi connectivity index (χ1v) is 8.18. The quantitative estimate of drug-likeness (QED) is 0.713. The van der Waals surface area contributed by atoms with Crippen molar-refractivity contribution in [2.45, 2.75) is 19.6 Å². The van der Waals surface area contributed by atoms with E-state index in [1.165, 1.54) is 19.1 Å². The van der Waals surface area contributed by atoms with Crippen molar-refractivity contribution in [1.82, 2.24) is 4.90 Å². The van der Waals surface area contributed by atoms with Crippen LogP contribution in [0.25, 0.3) is 0 Å². The topological polar surface area (TPSA) is 65.1 Å². The average Bonchev–Trinajstić information content (AvgIpc) is 2.67. The maximum atomic E-state index is 12.5. The van der Waals surface area contributed by atoms with E-state index >= 15 is 0 Å². The van der Waals surface area contributed by atoms with Crippen LogP contribution in [-0.2, 0) is 16.1 Å². The second-order valence-electron chi connectivity index (χ2n) is 5.79. The molecule has 0 aliphatic rings. The molecule has 2 aromatic carbocycles. The Hall–Kier alpha value is -3.02. The summed E-state index contributed by atoms with van der Waals surface area (Å²) in [6.07, 6.45) is -0.914. The van der Waals surface area contributed by atoms with E-state index < -0.39 is 12.1 Å². The lowest BCUT2D eigenvalue weighted by atomic mass is 10.2. The largest absolute Gasteiger partial charge is 0.497 e. The Balaban J connectivity index is 2.03. The molecular formula is C20H23NO5. The minimum absolute atomic E-state index is 0.235. The molecule has 0 radical (unpaired) electrons. The molecule has 0 spiro atoms. The summed E-state index contributed by atoms with van der Waals surface area (Å²) in [5, 5.41) is 0. The maximum Gasteiger partial charge on any atom is 0.342 e. The van der Waals surface area contributed by atoms with Gasteiger partial charge in [-0.1, -0.05) is 30.3 Å². The Morgan fingerprint density at radius 3 is 2.35 bits per heavy atom. The Kier molecular flexibility index (Phi) is 6.60. The summed E-state index contributed by atoms with van der Waals surface area (Å²) in [4.78, 5) is 26.4. The lowest BCUT2D eigenvalue weighted by Gasteiger charge is -2.22. The molecule has 2 aromatic rings. The number of hydrogen-bond acceptors (Lipinski definition) is 5. The molecule has 0 saturated carbocycles. The average molecular weight is 357 g/mol. The standard InChI is InChI=1S/C20H23NO5/c1-14(19(22)21(2)13-15-8-6-5-7-9-15)26-20(23)17-11-10-16(24-3)12-18(17)25-4/h5-12,14H,13H2,1-4H3. The Labute approximate surface area is 153 Å². The summed E-state index contributed by atoms with van der Waals surface area (Å²) in [5.41, 5.74) is 1.23. The van der Waals surface area contributed by atoms with Gasteiger partial charge in [-0.25, -0.2) is 4.79 Å². The van der Waals surface area contributed by atoms with Crippen molar-refractivity contribution in [3.63, 3.8) is 0 Å². The Morgan fingerprint density at radius 1 is 1.04 bits per heavy atom. The third-order valence-corrected chi connectivity index (χ3v) is 3.90. The molecular weight excluding hydrogens is 334 g/mol. The lowest BCUT2D eigenvalue weighted by Crippen LogP contribution is -2.37. The highest BCUT2D eigenvalue weighted by Crippen LogP contribution is 2.25. The van der Waals surface area contributed by atoms with Gasteiger partial charge in [0, 0.05) is 19.7 Å². The first-order chi connectivity index (χ1) is 12.5. The number of methoxy groups -OCH3 is 2. The first-order valence-electron chi connectivity index (χ1n) is 8.18. The molecule has 0 fully saturated rings. The number of carbonyl (C=O) groups excluding carboxylic acids is 2. The van der Waals surface area contributed by atoms with Crippen LogP contribution < -0.4 is 9.47 Å². The zero-order chi connectivity index (χ0) is 19.1. The number of amides is 1. The molecule has 6 nitrogen and oxygen atoms in total. The molecule has 26 heavy (non-hydrogen) atoms. The Bertz CT molecular complexity index is 760. The maximum absolute atomic E-state index is 12.5. The van der Waals surface area contributed by atoms with Gasteiger partial charge in [0.25, 0.3) is 5.91 Å². The van der Waals surface area contributed by atoms with Gasteiger partial charge in [0.05, 0.1) is 14.2 Å². The predicted octanol–water partition coefficient (Wildman–Crippen LogP) is 2.91. The van der Waals surface area contributed by atoms with Gasteiger partial charge in [0.2, 0.25) is 0 Å². The summed E-state index contributed by atoms with van der Waals surface area (Å²) < 4.78 is 15.6. The van der Waals surface area contributed by atoms with Gasteiger partial charge in [-0.05, 0) is 24.6 Å². The molecule has 1 unspecified atom stereocenters. The van der Waals surface area contributed by atoms with Crippen molar-refractivity contribution in [3.8, 4) is 11.5 Å². The fourth-order valence-corrected chi connectivity index (χ4v) is 2.49. The van der Waals surface area contributed by atoms with Gasteiger partial charge in [-0.3, -0.25) is 4.79 Å². The molecule has 0 N–H and O–H groups in total. The molecule has 0 bridgehead atoms. The SMILES string of the molecule is COc1ccc(C(=O)OC(C)C(=O)N(C)Cc2ccccc2)c(OC)c1. The second-order valence-corrected chi connectivity index (χ2v) is 5.79. The molecule has 0 saturated heterocycles. The summed E-state index contributed by atoms with van der Waals surface area (Å²) in [6, 6.07) is 14.4. The highest BCUT2D eigenvalue weighted by Gasteiger charge is 2.24. The number of benzene rings is 2. The fourth-order valence-electron chi connectivity index (χ4n) is 2.49. The van der Waals surface area contributed by atoms with Gasteiger partial charge in [0.15, 0.2) is 6.10 Å². The highest BCUT2D eigenvalue weighted by molar-refractivity contribution is 5.94. The number of hydrogen-bond donors (Lipinski definition) is 0. The van der Waals surface area contributed by atoms with E-state index in [-0.39, 0.29) is 11.5 Å². The number of rotatable bonds is 7. The number of likely N-dealkylation sites (N-methyl/N-ethyl adjacent to an activating group) is 1. The molecule has 2 rings (SSSR count). The van der Waals surface area contributed by atoms with Crippen molar-refractivity contribution in [3.05, 3.63) is 59.7 Å². The fraction of sp³-hybridized carbons (Fsp3) is 0.300. The first kappa shape index (κ1) is 19.3.